The Morgan fingerprint density at radius 2 is 1.21 bits per heavy atom. The van der Waals surface area contributed by atoms with Crippen LogP contribution in [0.1, 0.15) is 25.0 Å². The highest BCUT2D eigenvalue weighted by Gasteiger charge is 2.10. The summed E-state index contributed by atoms with van der Waals surface area (Å²) in [5, 5.41) is 2.45. The van der Waals surface area contributed by atoms with E-state index in [2.05, 4.69) is 38.1 Å². The maximum atomic E-state index is 6.11. The summed E-state index contributed by atoms with van der Waals surface area (Å²) in [4.78, 5) is 0. The standard InChI is InChI=1S/C16H18N2S/c1-3-9-5-15-11(7-13(9)17)12-8-14(18)10(4-2)6-16(12)19-15/h5-8H,3-4,17-18H2,1-2H3. The highest BCUT2D eigenvalue weighted by atomic mass is 32.1. The Morgan fingerprint density at radius 3 is 1.58 bits per heavy atom. The van der Waals surface area contributed by atoms with Gasteiger partial charge in [0, 0.05) is 31.5 Å². The zero-order chi connectivity index (χ0) is 13.6. The van der Waals surface area contributed by atoms with Crippen molar-refractivity contribution in [3.05, 3.63) is 35.4 Å². The van der Waals surface area contributed by atoms with E-state index in [1.54, 1.807) is 0 Å². The molecule has 0 fully saturated rings. The van der Waals surface area contributed by atoms with E-state index in [0.29, 0.717) is 0 Å². The molecule has 0 amide bonds. The number of anilines is 2. The third-order valence-corrected chi connectivity index (χ3v) is 4.87. The first kappa shape index (κ1) is 12.3. The minimum absolute atomic E-state index is 0.882. The molecule has 4 N–H and O–H groups in total. The van der Waals surface area contributed by atoms with Crippen molar-refractivity contribution in [3.63, 3.8) is 0 Å². The largest absolute Gasteiger partial charge is 0.398 e. The smallest absolute Gasteiger partial charge is 0.0359 e. The van der Waals surface area contributed by atoms with E-state index >= 15 is 0 Å². The third-order valence-electron chi connectivity index (χ3n) is 3.75. The lowest BCUT2D eigenvalue weighted by Crippen LogP contribution is -1.92. The average Bonchev–Trinajstić information content (AvgIpc) is 2.73. The van der Waals surface area contributed by atoms with Gasteiger partial charge in [0.15, 0.2) is 0 Å². The van der Waals surface area contributed by atoms with Gasteiger partial charge < -0.3 is 11.5 Å². The molecule has 3 heteroatoms. The zero-order valence-corrected chi connectivity index (χ0v) is 12.1. The Hall–Kier alpha value is -1.74. The number of nitrogen functional groups attached to an aromatic ring is 2. The van der Waals surface area contributed by atoms with E-state index in [0.717, 1.165) is 24.2 Å². The molecular weight excluding hydrogens is 252 g/mol. The van der Waals surface area contributed by atoms with Crippen LogP contribution in [-0.2, 0) is 12.8 Å². The van der Waals surface area contributed by atoms with Crippen LogP contribution in [0.2, 0.25) is 0 Å². The van der Waals surface area contributed by atoms with Crippen LogP contribution in [0.25, 0.3) is 20.2 Å². The lowest BCUT2D eigenvalue weighted by Gasteiger charge is -2.04. The molecule has 0 saturated heterocycles. The number of hydrogen-bond donors (Lipinski definition) is 2. The van der Waals surface area contributed by atoms with Gasteiger partial charge in [0.2, 0.25) is 0 Å². The summed E-state index contributed by atoms with van der Waals surface area (Å²) < 4.78 is 2.60. The van der Waals surface area contributed by atoms with E-state index in [1.165, 1.54) is 31.3 Å². The summed E-state index contributed by atoms with van der Waals surface area (Å²) in [7, 11) is 0. The molecule has 0 atom stereocenters. The number of hydrogen-bond acceptors (Lipinski definition) is 3. The first-order valence-electron chi connectivity index (χ1n) is 6.67. The minimum atomic E-state index is 0.882. The molecule has 0 aliphatic carbocycles. The summed E-state index contributed by atoms with van der Waals surface area (Å²) in [5.41, 5.74) is 16.4. The third kappa shape index (κ3) is 1.85. The molecule has 3 aromatic rings. The lowest BCUT2D eigenvalue weighted by atomic mass is 10.0. The van der Waals surface area contributed by atoms with E-state index in [-0.39, 0.29) is 0 Å². The molecule has 0 unspecified atom stereocenters. The normalized spacial score (nSPS) is 11.5. The van der Waals surface area contributed by atoms with Gasteiger partial charge in [0.05, 0.1) is 0 Å². The van der Waals surface area contributed by atoms with E-state index in [4.69, 9.17) is 11.5 Å². The van der Waals surface area contributed by atoms with Crippen molar-refractivity contribution in [2.75, 3.05) is 11.5 Å². The number of rotatable bonds is 2. The van der Waals surface area contributed by atoms with Crippen molar-refractivity contribution in [2.24, 2.45) is 0 Å². The maximum absolute atomic E-state index is 6.11. The number of benzene rings is 2. The van der Waals surface area contributed by atoms with Gasteiger partial charge in [0.1, 0.15) is 0 Å². The van der Waals surface area contributed by atoms with Crippen molar-refractivity contribution in [2.45, 2.75) is 26.7 Å². The van der Waals surface area contributed by atoms with Crippen LogP contribution in [0.5, 0.6) is 0 Å². The molecule has 19 heavy (non-hydrogen) atoms. The van der Waals surface area contributed by atoms with Crippen molar-refractivity contribution in [1.82, 2.24) is 0 Å². The molecule has 0 bridgehead atoms. The predicted octanol–water partition coefficient (Wildman–Crippen LogP) is 4.34. The summed E-state index contributed by atoms with van der Waals surface area (Å²) >= 11 is 1.83. The molecule has 3 rings (SSSR count). The first-order chi connectivity index (χ1) is 9.13. The molecule has 0 spiro atoms. The molecule has 2 aromatic carbocycles. The highest BCUT2D eigenvalue weighted by molar-refractivity contribution is 7.25. The lowest BCUT2D eigenvalue weighted by molar-refractivity contribution is 1.15. The Morgan fingerprint density at radius 1 is 0.789 bits per heavy atom. The quantitative estimate of drug-likeness (QED) is 0.680. The van der Waals surface area contributed by atoms with Crippen LogP contribution in [0, 0.1) is 0 Å². The summed E-state index contributed by atoms with van der Waals surface area (Å²) in [6.45, 7) is 4.27. The van der Waals surface area contributed by atoms with E-state index in [1.807, 2.05) is 11.3 Å². The van der Waals surface area contributed by atoms with E-state index < -0.39 is 0 Å². The van der Waals surface area contributed by atoms with Gasteiger partial charge in [0.25, 0.3) is 0 Å². The second-order valence-corrected chi connectivity index (χ2v) is 5.99. The molecule has 0 aliphatic heterocycles. The van der Waals surface area contributed by atoms with Gasteiger partial charge in [-0.25, -0.2) is 0 Å². The molecule has 98 valence electrons. The summed E-state index contributed by atoms with van der Waals surface area (Å²) in [6, 6.07) is 8.63. The number of nitrogens with two attached hydrogens (primary N) is 2. The van der Waals surface area contributed by atoms with Gasteiger partial charge in [-0.2, -0.15) is 0 Å². The molecule has 1 aromatic heterocycles. The van der Waals surface area contributed by atoms with Crippen LogP contribution in [0.3, 0.4) is 0 Å². The monoisotopic (exact) mass is 270 g/mol. The summed E-state index contributed by atoms with van der Waals surface area (Å²) in [6.07, 6.45) is 1.94. The first-order valence-corrected chi connectivity index (χ1v) is 7.48. The fourth-order valence-corrected chi connectivity index (χ4v) is 3.79. The minimum Gasteiger partial charge on any atom is -0.398 e. The Bertz CT molecular complexity index is 707. The molecule has 1 heterocycles. The molecular formula is C16H18N2S. The second kappa shape index (κ2) is 4.42. The molecule has 0 aliphatic rings. The van der Waals surface area contributed by atoms with Crippen molar-refractivity contribution >= 4 is 42.9 Å². The van der Waals surface area contributed by atoms with Crippen molar-refractivity contribution in [1.29, 1.82) is 0 Å². The van der Waals surface area contributed by atoms with Crippen molar-refractivity contribution in [3.8, 4) is 0 Å². The van der Waals surface area contributed by atoms with Crippen LogP contribution in [-0.4, -0.2) is 0 Å². The van der Waals surface area contributed by atoms with Crippen LogP contribution in [0.15, 0.2) is 24.3 Å². The number of fused-ring (bicyclic) bond motifs is 3. The topological polar surface area (TPSA) is 52.0 Å². The van der Waals surface area contributed by atoms with Gasteiger partial charge >= 0.3 is 0 Å². The fraction of sp³-hybridized carbons (Fsp3) is 0.250. The molecule has 0 saturated carbocycles. The fourth-order valence-electron chi connectivity index (χ4n) is 2.60. The Kier molecular flexibility index (Phi) is 2.86. The summed E-state index contributed by atoms with van der Waals surface area (Å²) in [5.74, 6) is 0. The molecule has 0 radical (unpaired) electrons. The van der Waals surface area contributed by atoms with Gasteiger partial charge in [-0.1, -0.05) is 13.8 Å². The van der Waals surface area contributed by atoms with Crippen LogP contribution >= 0.6 is 11.3 Å². The van der Waals surface area contributed by atoms with Gasteiger partial charge in [-0.15, -0.1) is 11.3 Å². The van der Waals surface area contributed by atoms with Crippen LogP contribution < -0.4 is 11.5 Å². The van der Waals surface area contributed by atoms with E-state index in [9.17, 15) is 0 Å². The van der Waals surface area contributed by atoms with Crippen LogP contribution in [0.4, 0.5) is 11.4 Å². The van der Waals surface area contributed by atoms with Gasteiger partial charge in [-0.3, -0.25) is 0 Å². The van der Waals surface area contributed by atoms with Gasteiger partial charge in [-0.05, 0) is 48.2 Å². The number of aryl methyl sites for hydroxylation is 2. The Labute approximate surface area is 117 Å². The zero-order valence-electron chi connectivity index (χ0n) is 11.3. The predicted molar refractivity (Wildman–Crippen MR) is 86.9 cm³/mol. The number of thiophene rings is 1. The second-order valence-electron chi connectivity index (χ2n) is 4.90. The molecule has 2 nitrogen and oxygen atoms in total. The van der Waals surface area contributed by atoms with Crippen molar-refractivity contribution < 1.29 is 0 Å². The SMILES string of the molecule is CCc1cc2sc3cc(CC)c(N)cc3c2cc1N. The average molecular weight is 270 g/mol. The Balaban J connectivity index is 2.39. The highest BCUT2D eigenvalue weighted by Crippen LogP contribution is 2.38. The maximum Gasteiger partial charge on any atom is 0.0359 e.